The van der Waals surface area contributed by atoms with Gasteiger partial charge in [0.15, 0.2) is 0 Å². The first-order chi connectivity index (χ1) is 9.58. The summed E-state index contributed by atoms with van der Waals surface area (Å²) in [5.41, 5.74) is 0.419. The molecule has 0 saturated carbocycles. The van der Waals surface area contributed by atoms with Crippen LogP contribution in [-0.4, -0.2) is 12.6 Å². The van der Waals surface area contributed by atoms with Gasteiger partial charge in [0, 0.05) is 24.1 Å². The van der Waals surface area contributed by atoms with Crippen LogP contribution in [-0.2, 0) is 6.42 Å². The molecule has 0 spiro atoms. The van der Waals surface area contributed by atoms with E-state index in [2.05, 4.69) is 19.2 Å². The first-order valence-corrected chi connectivity index (χ1v) is 6.87. The van der Waals surface area contributed by atoms with Crippen molar-refractivity contribution in [2.45, 2.75) is 32.7 Å². The first kappa shape index (κ1) is 14.7. The van der Waals surface area contributed by atoms with Crippen molar-refractivity contribution < 1.29 is 13.2 Å². The Morgan fingerprint density at radius 1 is 1.15 bits per heavy atom. The Bertz CT molecular complexity index is 545. The van der Waals surface area contributed by atoms with E-state index in [1.54, 1.807) is 6.07 Å². The summed E-state index contributed by atoms with van der Waals surface area (Å²) in [5, 5.41) is 3.37. The van der Waals surface area contributed by atoms with E-state index < -0.39 is 11.6 Å². The van der Waals surface area contributed by atoms with Crippen molar-refractivity contribution in [2.24, 2.45) is 0 Å². The highest BCUT2D eigenvalue weighted by Gasteiger charge is 2.10. The molecule has 0 saturated heterocycles. The van der Waals surface area contributed by atoms with Gasteiger partial charge in [-0.15, -0.1) is 0 Å². The van der Waals surface area contributed by atoms with E-state index in [0.29, 0.717) is 17.4 Å². The quantitative estimate of drug-likeness (QED) is 0.859. The fourth-order valence-corrected chi connectivity index (χ4v) is 2.10. The average Bonchev–Trinajstić information content (AvgIpc) is 2.83. The molecule has 1 aromatic carbocycles. The summed E-state index contributed by atoms with van der Waals surface area (Å²) in [6.07, 6.45) is 1.83. The maximum absolute atomic E-state index is 13.2. The summed E-state index contributed by atoms with van der Waals surface area (Å²) < 4.78 is 32.0. The van der Waals surface area contributed by atoms with Gasteiger partial charge in [0.25, 0.3) is 0 Å². The largest absolute Gasteiger partial charge is 0.461 e. The highest BCUT2D eigenvalue weighted by Crippen LogP contribution is 2.24. The van der Waals surface area contributed by atoms with Crippen LogP contribution in [0.15, 0.2) is 34.7 Å². The molecule has 2 aromatic rings. The van der Waals surface area contributed by atoms with Gasteiger partial charge < -0.3 is 9.73 Å². The predicted molar refractivity (Wildman–Crippen MR) is 75.5 cm³/mol. The van der Waals surface area contributed by atoms with Gasteiger partial charge >= 0.3 is 0 Å². The third-order valence-corrected chi connectivity index (χ3v) is 3.06. The summed E-state index contributed by atoms with van der Waals surface area (Å²) >= 11 is 0. The van der Waals surface area contributed by atoms with Gasteiger partial charge in [0.05, 0.1) is 0 Å². The van der Waals surface area contributed by atoms with Crippen molar-refractivity contribution in [3.63, 3.8) is 0 Å². The molecule has 0 amide bonds. The molecule has 0 radical (unpaired) electrons. The van der Waals surface area contributed by atoms with Crippen LogP contribution in [0.5, 0.6) is 0 Å². The lowest BCUT2D eigenvalue weighted by molar-refractivity contribution is 0.463. The van der Waals surface area contributed by atoms with Crippen molar-refractivity contribution in [1.82, 2.24) is 5.32 Å². The summed E-state index contributed by atoms with van der Waals surface area (Å²) in [6.45, 7) is 5.16. The molecule has 0 aliphatic rings. The average molecular weight is 279 g/mol. The number of hydrogen-bond acceptors (Lipinski definition) is 2. The number of halogens is 2. The van der Waals surface area contributed by atoms with Crippen LogP contribution < -0.4 is 5.32 Å². The minimum Gasteiger partial charge on any atom is -0.461 e. The van der Waals surface area contributed by atoms with Gasteiger partial charge in [-0.25, -0.2) is 8.78 Å². The molecule has 1 N–H and O–H groups in total. The van der Waals surface area contributed by atoms with Crippen LogP contribution in [0.4, 0.5) is 8.78 Å². The lowest BCUT2D eigenvalue weighted by atomic mass is 10.1. The van der Waals surface area contributed by atoms with E-state index in [0.717, 1.165) is 31.2 Å². The molecule has 0 aliphatic heterocycles. The minimum atomic E-state index is -0.601. The van der Waals surface area contributed by atoms with Gasteiger partial charge in [0.1, 0.15) is 23.2 Å². The highest BCUT2D eigenvalue weighted by molar-refractivity contribution is 5.57. The second kappa shape index (κ2) is 6.66. The van der Waals surface area contributed by atoms with Crippen LogP contribution in [0.2, 0.25) is 0 Å². The minimum absolute atomic E-state index is 0.304. The SMILES string of the molecule is CCCNC(C)Cc1ccc(-c2cc(F)cc(F)c2)o1. The molecule has 1 heterocycles. The number of furan rings is 1. The molecule has 20 heavy (non-hydrogen) atoms. The molecule has 0 bridgehead atoms. The number of benzene rings is 1. The Morgan fingerprint density at radius 3 is 2.50 bits per heavy atom. The molecule has 1 aromatic heterocycles. The zero-order valence-electron chi connectivity index (χ0n) is 11.7. The maximum atomic E-state index is 13.2. The van der Waals surface area contributed by atoms with E-state index in [-0.39, 0.29) is 0 Å². The van der Waals surface area contributed by atoms with Crippen LogP contribution in [0.25, 0.3) is 11.3 Å². The molecule has 2 rings (SSSR count). The summed E-state index contributed by atoms with van der Waals surface area (Å²) in [6, 6.07) is 7.29. The Labute approximate surface area is 117 Å². The van der Waals surface area contributed by atoms with E-state index in [9.17, 15) is 8.78 Å². The van der Waals surface area contributed by atoms with E-state index in [1.807, 2.05) is 6.07 Å². The standard InChI is InChI=1S/C16H19F2NO/c1-3-6-19-11(2)7-15-4-5-16(20-15)12-8-13(17)10-14(18)9-12/h4-5,8-11,19H,3,6-7H2,1-2H3. The van der Waals surface area contributed by atoms with E-state index in [4.69, 9.17) is 4.42 Å². The predicted octanol–water partition coefficient (Wildman–Crippen LogP) is 4.16. The van der Waals surface area contributed by atoms with Crippen molar-refractivity contribution in [2.75, 3.05) is 6.54 Å². The fourth-order valence-electron chi connectivity index (χ4n) is 2.10. The summed E-state index contributed by atoms with van der Waals surface area (Å²) in [7, 11) is 0. The highest BCUT2D eigenvalue weighted by atomic mass is 19.1. The van der Waals surface area contributed by atoms with Gasteiger partial charge in [-0.05, 0) is 44.2 Å². The van der Waals surface area contributed by atoms with Crippen LogP contribution in [0, 0.1) is 11.6 Å². The lowest BCUT2D eigenvalue weighted by Gasteiger charge is -2.10. The number of nitrogens with one attached hydrogen (secondary N) is 1. The molecule has 2 nitrogen and oxygen atoms in total. The topological polar surface area (TPSA) is 25.2 Å². The molecule has 108 valence electrons. The number of rotatable bonds is 6. The smallest absolute Gasteiger partial charge is 0.134 e. The van der Waals surface area contributed by atoms with Crippen molar-refractivity contribution in [1.29, 1.82) is 0 Å². The van der Waals surface area contributed by atoms with Crippen LogP contribution in [0.3, 0.4) is 0 Å². The maximum Gasteiger partial charge on any atom is 0.134 e. The van der Waals surface area contributed by atoms with Gasteiger partial charge in [0.2, 0.25) is 0 Å². The van der Waals surface area contributed by atoms with Crippen LogP contribution in [0.1, 0.15) is 26.0 Å². The summed E-state index contributed by atoms with van der Waals surface area (Å²) in [5.74, 6) is 0.0914. The normalized spacial score (nSPS) is 12.6. The molecular formula is C16H19F2NO. The zero-order chi connectivity index (χ0) is 14.5. The Kier molecular flexibility index (Phi) is 4.90. The third kappa shape index (κ3) is 3.90. The van der Waals surface area contributed by atoms with Gasteiger partial charge in [-0.2, -0.15) is 0 Å². The Balaban J connectivity index is 2.08. The molecule has 1 atom stereocenters. The first-order valence-electron chi connectivity index (χ1n) is 6.87. The lowest BCUT2D eigenvalue weighted by Crippen LogP contribution is -2.28. The van der Waals surface area contributed by atoms with E-state index in [1.165, 1.54) is 12.1 Å². The zero-order valence-corrected chi connectivity index (χ0v) is 11.7. The third-order valence-electron chi connectivity index (χ3n) is 3.06. The second-order valence-corrected chi connectivity index (χ2v) is 4.98. The number of hydrogen-bond donors (Lipinski definition) is 1. The molecular weight excluding hydrogens is 260 g/mol. The molecule has 0 aliphatic carbocycles. The van der Waals surface area contributed by atoms with Crippen molar-refractivity contribution in [3.8, 4) is 11.3 Å². The molecule has 4 heteroatoms. The van der Waals surface area contributed by atoms with E-state index >= 15 is 0 Å². The van der Waals surface area contributed by atoms with Gasteiger partial charge in [-0.1, -0.05) is 6.92 Å². The molecule has 0 fully saturated rings. The van der Waals surface area contributed by atoms with Gasteiger partial charge in [-0.3, -0.25) is 0 Å². The second-order valence-electron chi connectivity index (χ2n) is 4.98. The van der Waals surface area contributed by atoms with Crippen LogP contribution >= 0.6 is 0 Å². The Hall–Kier alpha value is -1.68. The van der Waals surface area contributed by atoms with Crippen molar-refractivity contribution in [3.05, 3.63) is 47.7 Å². The molecule has 1 unspecified atom stereocenters. The van der Waals surface area contributed by atoms with Crippen molar-refractivity contribution >= 4 is 0 Å². The Morgan fingerprint density at radius 2 is 1.85 bits per heavy atom. The summed E-state index contributed by atoms with van der Waals surface area (Å²) in [4.78, 5) is 0. The monoisotopic (exact) mass is 279 g/mol. The fraction of sp³-hybridized carbons (Fsp3) is 0.375.